The minimum atomic E-state index is -0.628. The van der Waals surface area contributed by atoms with Crippen LogP contribution in [0.3, 0.4) is 0 Å². The lowest BCUT2D eigenvalue weighted by Gasteiger charge is -2.19. The first kappa shape index (κ1) is 18.4. The van der Waals surface area contributed by atoms with Gasteiger partial charge in [-0.25, -0.2) is 0 Å². The van der Waals surface area contributed by atoms with Gasteiger partial charge in [0.15, 0.2) is 0 Å². The summed E-state index contributed by atoms with van der Waals surface area (Å²) in [5.74, 6) is -1.20. The zero-order chi connectivity index (χ0) is 17.7. The highest BCUT2D eigenvalue weighted by Crippen LogP contribution is 2.37. The number of likely N-dealkylation sites (tertiary alicyclic amines) is 1. The second kappa shape index (κ2) is 8.26. The number of rotatable bonds is 7. The van der Waals surface area contributed by atoms with E-state index < -0.39 is 6.04 Å². The van der Waals surface area contributed by atoms with Crippen LogP contribution < -0.4 is 10.6 Å². The Hall–Kier alpha value is -1.92. The molecule has 134 valence electrons. The predicted octanol–water partition coefficient (Wildman–Crippen LogP) is 0.583. The number of carbonyl (C=O) groups is 4. The highest BCUT2D eigenvalue weighted by Gasteiger charge is 2.47. The van der Waals surface area contributed by atoms with E-state index in [1.54, 1.807) is 6.92 Å². The molecule has 24 heavy (non-hydrogen) atoms. The van der Waals surface area contributed by atoms with Gasteiger partial charge in [-0.05, 0) is 26.2 Å². The monoisotopic (exact) mass is 337 g/mol. The van der Waals surface area contributed by atoms with Gasteiger partial charge in [0, 0.05) is 19.5 Å². The molecule has 2 N–H and O–H groups in total. The maximum Gasteiger partial charge on any atom is 0.242 e. The lowest BCUT2D eigenvalue weighted by Crippen LogP contribution is -2.46. The molecule has 0 radical (unpaired) electrons. The molecule has 0 unspecified atom stereocenters. The van der Waals surface area contributed by atoms with E-state index in [9.17, 15) is 19.2 Å². The van der Waals surface area contributed by atoms with Crippen LogP contribution in [-0.2, 0) is 19.2 Å². The Kier molecular flexibility index (Phi) is 6.34. The maximum atomic E-state index is 12.3. The van der Waals surface area contributed by atoms with Crippen molar-refractivity contribution in [2.24, 2.45) is 11.8 Å². The molecule has 3 atom stereocenters. The molecular weight excluding hydrogens is 310 g/mol. The summed E-state index contributed by atoms with van der Waals surface area (Å²) in [5.41, 5.74) is 0. The van der Waals surface area contributed by atoms with E-state index in [1.165, 1.54) is 4.90 Å². The lowest BCUT2D eigenvalue weighted by molar-refractivity contribution is -0.140. The van der Waals surface area contributed by atoms with Crippen LogP contribution in [0, 0.1) is 11.8 Å². The fraction of sp³-hybridized carbons (Fsp3) is 0.765. The van der Waals surface area contributed by atoms with E-state index in [0.29, 0.717) is 6.54 Å². The smallest absolute Gasteiger partial charge is 0.242 e. The van der Waals surface area contributed by atoms with Crippen molar-refractivity contribution >= 4 is 23.6 Å². The molecule has 0 aromatic rings. The lowest BCUT2D eigenvalue weighted by atomic mass is 9.81. The molecular formula is C17H27N3O4. The van der Waals surface area contributed by atoms with Crippen LogP contribution in [0.4, 0.5) is 0 Å². The first-order chi connectivity index (χ1) is 11.5. The molecule has 0 aromatic carbocycles. The van der Waals surface area contributed by atoms with Crippen LogP contribution in [0.15, 0.2) is 0 Å². The highest BCUT2D eigenvalue weighted by atomic mass is 16.2. The number of hydrogen-bond donors (Lipinski definition) is 2. The molecule has 0 aromatic heterocycles. The molecule has 1 saturated carbocycles. The van der Waals surface area contributed by atoms with Gasteiger partial charge in [-0.15, -0.1) is 0 Å². The molecule has 0 bridgehead atoms. The van der Waals surface area contributed by atoms with Gasteiger partial charge in [0.2, 0.25) is 23.6 Å². The molecule has 2 aliphatic rings. The van der Waals surface area contributed by atoms with E-state index in [4.69, 9.17) is 0 Å². The Morgan fingerprint density at radius 3 is 2.29 bits per heavy atom. The van der Waals surface area contributed by atoms with Crippen LogP contribution in [0.5, 0.6) is 0 Å². The maximum absolute atomic E-state index is 12.3. The number of amides is 4. The van der Waals surface area contributed by atoms with Gasteiger partial charge in [-0.3, -0.25) is 24.1 Å². The van der Waals surface area contributed by atoms with E-state index in [-0.39, 0.29) is 48.4 Å². The Bertz CT molecular complexity index is 496. The molecule has 1 saturated heterocycles. The number of imide groups is 1. The van der Waals surface area contributed by atoms with Crippen LogP contribution >= 0.6 is 0 Å². The van der Waals surface area contributed by atoms with Crippen molar-refractivity contribution in [3.05, 3.63) is 0 Å². The van der Waals surface area contributed by atoms with Crippen LogP contribution in [-0.4, -0.2) is 47.7 Å². The Morgan fingerprint density at radius 2 is 1.75 bits per heavy atom. The number of fused-ring (bicyclic) bond motifs is 1. The Balaban J connectivity index is 1.80. The Morgan fingerprint density at radius 1 is 1.17 bits per heavy atom. The summed E-state index contributed by atoms with van der Waals surface area (Å²) in [4.78, 5) is 49.6. The van der Waals surface area contributed by atoms with Gasteiger partial charge < -0.3 is 10.6 Å². The summed E-state index contributed by atoms with van der Waals surface area (Å²) in [5, 5.41) is 5.31. The van der Waals surface area contributed by atoms with E-state index in [0.717, 1.165) is 32.1 Å². The van der Waals surface area contributed by atoms with E-state index in [1.807, 2.05) is 6.92 Å². The molecule has 7 nitrogen and oxygen atoms in total. The second-order valence-electron chi connectivity index (χ2n) is 6.66. The first-order valence-corrected chi connectivity index (χ1v) is 8.88. The fourth-order valence-corrected chi connectivity index (χ4v) is 3.45. The molecule has 1 aliphatic heterocycles. The zero-order valence-corrected chi connectivity index (χ0v) is 14.5. The molecule has 1 heterocycles. The average molecular weight is 337 g/mol. The third-order valence-corrected chi connectivity index (χ3v) is 4.81. The number of nitrogens with zero attached hydrogens (tertiary/aromatic N) is 1. The SMILES string of the molecule is CCCNC(=O)[C@H](C)NC(=O)CCN1C(=O)[C@@H]2CCCC[C@H]2C1=O. The van der Waals surface area contributed by atoms with E-state index in [2.05, 4.69) is 10.6 Å². The second-order valence-corrected chi connectivity index (χ2v) is 6.66. The van der Waals surface area contributed by atoms with Gasteiger partial charge in [-0.1, -0.05) is 19.8 Å². The minimum Gasteiger partial charge on any atom is -0.354 e. The summed E-state index contributed by atoms with van der Waals surface area (Å²) >= 11 is 0. The van der Waals surface area contributed by atoms with Gasteiger partial charge in [0.05, 0.1) is 11.8 Å². The molecule has 2 fully saturated rings. The van der Waals surface area contributed by atoms with Gasteiger partial charge in [0.25, 0.3) is 0 Å². The van der Waals surface area contributed by atoms with Gasteiger partial charge >= 0.3 is 0 Å². The standard InChI is InChI=1S/C17H27N3O4/c1-3-9-18-15(22)11(2)19-14(21)8-10-20-16(23)12-6-4-5-7-13(12)17(20)24/h11-13H,3-10H2,1-2H3,(H,18,22)(H,19,21)/t11-,12+,13+/m0/s1. The summed E-state index contributed by atoms with van der Waals surface area (Å²) < 4.78 is 0. The summed E-state index contributed by atoms with van der Waals surface area (Å²) in [7, 11) is 0. The molecule has 1 aliphatic carbocycles. The summed E-state index contributed by atoms with van der Waals surface area (Å²) in [6.45, 7) is 4.23. The first-order valence-electron chi connectivity index (χ1n) is 8.88. The highest BCUT2D eigenvalue weighted by molar-refractivity contribution is 6.05. The number of nitrogens with one attached hydrogen (secondary N) is 2. The molecule has 2 rings (SSSR count). The average Bonchev–Trinajstić information content (AvgIpc) is 2.82. The van der Waals surface area contributed by atoms with Crippen molar-refractivity contribution in [1.29, 1.82) is 0 Å². The van der Waals surface area contributed by atoms with E-state index >= 15 is 0 Å². The summed E-state index contributed by atoms with van der Waals surface area (Å²) in [6.07, 6.45) is 4.37. The zero-order valence-electron chi connectivity index (χ0n) is 14.5. The minimum absolute atomic E-state index is 0.0301. The topological polar surface area (TPSA) is 95.6 Å². The van der Waals surface area contributed by atoms with Crippen molar-refractivity contribution < 1.29 is 19.2 Å². The largest absolute Gasteiger partial charge is 0.354 e. The van der Waals surface area contributed by atoms with Crippen molar-refractivity contribution in [1.82, 2.24) is 15.5 Å². The Labute approximate surface area is 142 Å². The van der Waals surface area contributed by atoms with Crippen molar-refractivity contribution in [2.45, 2.75) is 58.4 Å². The molecule has 7 heteroatoms. The third-order valence-electron chi connectivity index (χ3n) is 4.81. The summed E-state index contributed by atoms with van der Waals surface area (Å²) in [6, 6.07) is -0.628. The normalized spacial score (nSPS) is 24.5. The molecule has 4 amide bonds. The fourth-order valence-electron chi connectivity index (χ4n) is 3.45. The van der Waals surface area contributed by atoms with Crippen LogP contribution in [0.2, 0.25) is 0 Å². The van der Waals surface area contributed by atoms with Crippen LogP contribution in [0.1, 0.15) is 52.4 Å². The predicted molar refractivity (Wildman–Crippen MR) is 87.7 cm³/mol. The number of hydrogen-bond acceptors (Lipinski definition) is 4. The van der Waals surface area contributed by atoms with Gasteiger partial charge in [0.1, 0.15) is 6.04 Å². The van der Waals surface area contributed by atoms with Crippen molar-refractivity contribution in [3.63, 3.8) is 0 Å². The third kappa shape index (κ3) is 4.13. The van der Waals surface area contributed by atoms with Crippen molar-refractivity contribution in [2.75, 3.05) is 13.1 Å². The molecule has 0 spiro atoms. The quantitative estimate of drug-likeness (QED) is 0.664. The number of carbonyl (C=O) groups excluding carboxylic acids is 4. The van der Waals surface area contributed by atoms with Gasteiger partial charge in [-0.2, -0.15) is 0 Å². The van der Waals surface area contributed by atoms with Crippen molar-refractivity contribution in [3.8, 4) is 0 Å². The van der Waals surface area contributed by atoms with Crippen LogP contribution in [0.25, 0.3) is 0 Å².